The zero-order valence-electron chi connectivity index (χ0n) is 12.7. The zero-order chi connectivity index (χ0) is 13.7. The summed E-state index contributed by atoms with van der Waals surface area (Å²) in [5.74, 6) is 0.965. The highest BCUT2D eigenvalue weighted by Gasteiger charge is 2.25. The van der Waals surface area contributed by atoms with E-state index < -0.39 is 0 Å². The Bertz CT molecular complexity index is 291. The topological polar surface area (TPSA) is 47.6 Å². The number of hydrogen-bond donors (Lipinski definition) is 2. The van der Waals surface area contributed by atoms with Crippen LogP contribution in [0.25, 0.3) is 0 Å². The summed E-state index contributed by atoms with van der Waals surface area (Å²) in [5, 5.41) is 6.21. The molecule has 0 radical (unpaired) electrons. The predicted molar refractivity (Wildman–Crippen MR) is 84.3 cm³/mol. The van der Waals surface area contributed by atoms with Crippen LogP contribution < -0.4 is 10.6 Å². The van der Waals surface area contributed by atoms with Crippen molar-refractivity contribution in [3.8, 4) is 0 Å². The molecule has 2 rings (SSSR count). The number of piperazine rings is 1. The number of carbonyl (C=O) groups is 1. The lowest BCUT2D eigenvalue weighted by atomic mass is 10.0. The van der Waals surface area contributed by atoms with Gasteiger partial charge in [-0.3, -0.25) is 4.79 Å². The van der Waals surface area contributed by atoms with Crippen molar-refractivity contribution >= 4 is 18.3 Å². The van der Waals surface area contributed by atoms with E-state index in [2.05, 4.69) is 34.3 Å². The van der Waals surface area contributed by atoms with Gasteiger partial charge in [0.15, 0.2) is 0 Å². The summed E-state index contributed by atoms with van der Waals surface area (Å²) >= 11 is 0. The maximum absolute atomic E-state index is 11.7. The van der Waals surface area contributed by atoms with Gasteiger partial charge in [-0.1, -0.05) is 13.8 Å². The van der Waals surface area contributed by atoms with Gasteiger partial charge in [0.25, 0.3) is 0 Å². The Hall–Kier alpha value is -0.360. The lowest BCUT2D eigenvalue weighted by molar-refractivity contribution is -0.126. The van der Waals surface area contributed by atoms with Gasteiger partial charge in [0, 0.05) is 52.4 Å². The Morgan fingerprint density at radius 2 is 1.85 bits per heavy atom. The minimum atomic E-state index is 0. The van der Waals surface area contributed by atoms with E-state index in [0.717, 1.165) is 32.7 Å². The van der Waals surface area contributed by atoms with E-state index in [9.17, 15) is 4.79 Å². The summed E-state index contributed by atoms with van der Waals surface area (Å²) in [4.78, 5) is 16.7. The van der Waals surface area contributed by atoms with Gasteiger partial charge in [-0.15, -0.1) is 12.4 Å². The molecule has 0 aliphatic carbocycles. The van der Waals surface area contributed by atoms with Crippen molar-refractivity contribution in [1.82, 2.24) is 20.4 Å². The molecule has 0 aromatic heterocycles. The van der Waals surface area contributed by atoms with Crippen molar-refractivity contribution in [2.45, 2.75) is 13.8 Å². The highest BCUT2D eigenvalue weighted by molar-refractivity contribution is 5.85. The average molecular weight is 305 g/mol. The van der Waals surface area contributed by atoms with E-state index in [-0.39, 0.29) is 24.2 Å². The summed E-state index contributed by atoms with van der Waals surface area (Å²) in [6.45, 7) is 13.9. The Labute approximate surface area is 128 Å². The highest BCUT2D eigenvalue weighted by Crippen LogP contribution is 2.06. The molecule has 2 heterocycles. The Balaban J connectivity index is 0.00000200. The molecule has 2 saturated heterocycles. The quantitative estimate of drug-likeness (QED) is 0.726. The van der Waals surface area contributed by atoms with Gasteiger partial charge in [0.1, 0.15) is 0 Å². The first kappa shape index (κ1) is 17.7. The van der Waals surface area contributed by atoms with Crippen LogP contribution in [0.5, 0.6) is 0 Å². The SMILES string of the molecule is CCN1CCN(CC(C)CNC(=O)C2CNC2)CC1.Cl. The fourth-order valence-corrected chi connectivity index (χ4v) is 2.69. The van der Waals surface area contributed by atoms with Gasteiger partial charge >= 0.3 is 0 Å². The van der Waals surface area contributed by atoms with E-state index in [4.69, 9.17) is 0 Å². The average Bonchev–Trinajstić information content (AvgIpc) is 2.35. The molecular weight excluding hydrogens is 276 g/mol. The summed E-state index contributed by atoms with van der Waals surface area (Å²) < 4.78 is 0. The molecule has 0 aromatic carbocycles. The minimum Gasteiger partial charge on any atom is -0.355 e. The van der Waals surface area contributed by atoms with Crippen molar-refractivity contribution in [3.05, 3.63) is 0 Å². The second-order valence-corrected chi connectivity index (χ2v) is 5.94. The zero-order valence-corrected chi connectivity index (χ0v) is 13.5. The van der Waals surface area contributed by atoms with E-state index in [0.29, 0.717) is 5.92 Å². The molecule has 20 heavy (non-hydrogen) atoms. The molecule has 2 N–H and O–H groups in total. The molecule has 0 spiro atoms. The molecular formula is C14H29ClN4O. The molecule has 118 valence electrons. The smallest absolute Gasteiger partial charge is 0.225 e. The van der Waals surface area contributed by atoms with E-state index in [1.54, 1.807) is 0 Å². The van der Waals surface area contributed by atoms with Gasteiger partial charge in [-0.05, 0) is 12.5 Å². The summed E-state index contributed by atoms with van der Waals surface area (Å²) in [6.07, 6.45) is 0. The molecule has 0 bridgehead atoms. The van der Waals surface area contributed by atoms with Crippen LogP contribution in [-0.2, 0) is 4.79 Å². The number of carbonyl (C=O) groups excluding carboxylic acids is 1. The van der Waals surface area contributed by atoms with Crippen LogP contribution in [0.15, 0.2) is 0 Å². The molecule has 2 aliphatic rings. The second-order valence-electron chi connectivity index (χ2n) is 5.94. The number of amides is 1. The van der Waals surface area contributed by atoms with Gasteiger partial charge in [0.05, 0.1) is 5.92 Å². The second kappa shape index (κ2) is 8.82. The molecule has 1 unspecified atom stereocenters. The van der Waals surface area contributed by atoms with Crippen LogP contribution in [0.3, 0.4) is 0 Å². The molecule has 6 heteroatoms. The molecule has 1 atom stereocenters. The van der Waals surface area contributed by atoms with E-state index in [1.807, 2.05) is 0 Å². The highest BCUT2D eigenvalue weighted by atomic mass is 35.5. The first-order valence-corrected chi connectivity index (χ1v) is 7.62. The molecule has 5 nitrogen and oxygen atoms in total. The van der Waals surface area contributed by atoms with Crippen LogP contribution in [0.2, 0.25) is 0 Å². The maximum Gasteiger partial charge on any atom is 0.225 e. The van der Waals surface area contributed by atoms with Gasteiger partial charge in [-0.25, -0.2) is 0 Å². The monoisotopic (exact) mass is 304 g/mol. The van der Waals surface area contributed by atoms with Gasteiger partial charge < -0.3 is 20.4 Å². The largest absolute Gasteiger partial charge is 0.355 e. The molecule has 0 aromatic rings. The first-order valence-electron chi connectivity index (χ1n) is 7.62. The maximum atomic E-state index is 11.7. The van der Waals surface area contributed by atoms with Crippen LogP contribution in [-0.4, -0.2) is 74.6 Å². The fraction of sp³-hybridized carbons (Fsp3) is 0.929. The standard InChI is InChI=1S/C14H28N4O.ClH/c1-3-17-4-6-18(7-5-17)11-12(2)8-16-14(19)13-9-15-10-13;/h12-13,15H,3-11H2,1-2H3,(H,16,19);1H. The van der Waals surface area contributed by atoms with Crippen LogP contribution in [0, 0.1) is 11.8 Å². The summed E-state index contributed by atoms with van der Waals surface area (Å²) in [7, 11) is 0. The van der Waals surface area contributed by atoms with Crippen LogP contribution in [0.1, 0.15) is 13.8 Å². The predicted octanol–water partition coefficient (Wildman–Crippen LogP) is 0.0174. The van der Waals surface area contributed by atoms with E-state index >= 15 is 0 Å². The third-order valence-electron chi connectivity index (χ3n) is 4.26. The Kier molecular flexibility index (Phi) is 7.80. The molecule has 1 amide bonds. The van der Waals surface area contributed by atoms with Crippen molar-refractivity contribution in [2.75, 3.05) is 58.9 Å². The van der Waals surface area contributed by atoms with Crippen molar-refractivity contribution in [1.29, 1.82) is 0 Å². The number of likely N-dealkylation sites (N-methyl/N-ethyl adjacent to an activating group) is 1. The van der Waals surface area contributed by atoms with Crippen molar-refractivity contribution < 1.29 is 4.79 Å². The normalized spacial score (nSPS) is 22.7. The fourth-order valence-electron chi connectivity index (χ4n) is 2.69. The lowest BCUT2D eigenvalue weighted by Crippen LogP contribution is -2.52. The number of nitrogens with zero attached hydrogens (tertiary/aromatic N) is 2. The van der Waals surface area contributed by atoms with Crippen molar-refractivity contribution in [3.63, 3.8) is 0 Å². The van der Waals surface area contributed by atoms with Crippen LogP contribution in [0.4, 0.5) is 0 Å². The third-order valence-corrected chi connectivity index (χ3v) is 4.26. The van der Waals surface area contributed by atoms with Crippen LogP contribution >= 0.6 is 12.4 Å². The Morgan fingerprint density at radius 3 is 2.35 bits per heavy atom. The third kappa shape index (κ3) is 5.20. The number of hydrogen-bond acceptors (Lipinski definition) is 4. The number of rotatable bonds is 6. The Morgan fingerprint density at radius 1 is 1.25 bits per heavy atom. The first-order chi connectivity index (χ1) is 9.19. The molecule has 2 aliphatic heterocycles. The lowest BCUT2D eigenvalue weighted by Gasteiger charge is -2.35. The molecule has 2 fully saturated rings. The number of halogens is 1. The minimum absolute atomic E-state index is 0. The summed E-state index contributed by atoms with van der Waals surface area (Å²) in [5.41, 5.74) is 0. The van der Waals surface area contributed by atoms with Crippen molar-refractivity contribution in [2.24, 2.45) is 11.8 Å². The van der Waals surface area contributed by atoms with E-state index in [1.165, 1.54) is 26.2 Å². The number of nitrogens with one attached hydrogen (secondary N) is 2. The summed E-state index contributed by atoms with van der Waals surface area (Å²) in [6, 6.07) is 0. The van der Waals surface area contributed by atoms with Gasteiger partial charge in [-0.2, -0.15) is 0 Å². The van der Waals surface area contributed by atoms with Gasteiger partial charge in [0.2, 0.25) is 5.91 Å². The molecule has 0 saturated carbocycles.